The molecule has 0 atom stereocenters. The van der Waals surface area contributed by atoms with E-state index < -0.39 is 11.5 Å². The first-order valence-electron chi connectivity index (χ1n) is 12.1. The molecule has 0 spiro atoms. The van der Waals surface area contributed by atoms with Gasteiger partial charge in [0.2, 0.25) is 5.75 Å². The lowest BCUT2D eigenvalue weighted by Gasteiger charge is -2.21. The van der Waals surface area contributed by atoms with Gasteiger partial charge in [0.1, 0.15) is 12.3 Å². The molecular weight excluding hydrogens is 556 g/mol. The summed E-state index contributed by atoms with van der Waals surface area (Å²) in [5.41, 5.74) is 6.99. The molecular formula is C29H31ClN2O9. The summed E-state index contributed by atoms with van der Waals surface area (Å²) in [5.74, 6) is 0.782. The summed E-state index contributed by atoms with van der Waals surface area (Å²) in [6, 6.07) is 12.9. The molecule has 1 heterocycles. The summed E-state index contributed by atoms with van der Waals surface area (Å²) in [4.78, 5) is 27.6. The number of methoxy groups -OCH3 is 5. The van der Waals surface area contributed by atoms with Crippen molar-refractivity contribution in [3.05, 3.63) is 64.6 Å². The Balaban J connectivity index is 0.00000462. The average Bonchev–Trinajstić information content (AvgIpc) is 2.98. The predicted octanol–water partition coefficient (Wildman–Crippen LogP) is 3.85. The number of nitrogens with two attached hydrogens (primary N) is 1. The molecule has 0 bridgehead atoms. The number of nitrogen functional groups attached to an aromatic ring is 1. The van der Waals surface area contributed by atoms with Gasteiger partial charge in [-0.05, 0) is 54.1 Å². The molecule has 4 aromatic rings. The molecule has 0 aliphatic carbocycles. The van der Waals surface area contributed by atoms with E-state index in [4.69, 9.17) is 34.2 Å². The van der Waals surface area contributed by atoms with E-state index in [1.807, 2.05) is 0 Å². The molecule has 0 unspecified atom stereocenters. The van der Waals surface area contributed by atoms with Crippen molar-refractivity contribution in [1.29, 1.82) is 0 Å². The Morgan fingerprint density at radius 3 is 1.93 bits per heavy atom. The molecule has 0 aliphatic rings. The lowest BCUT2D eigenvalue weighted by Crippen LogP contribution is -2.27. The van der Waals surface area contributed by atoms with Gasteiger partial charge >= 0.3 is 5.97 Å². The van der Waals surface area contributed by atoms with Crippen LogP contribution in [0, 0.1) is 0 Å². The highest BCUT2D eigenvalue weighted by atomic mass is 35.5. The van der Waals surface area contributed by atoms with Crippen LogP contribution >= 0.6 is 12.4 Å². The zero-order valence-corrected chi connectivity index (χ0v) is 24.0. The van der Waals surface area contributed by atoms with Gasteiger partial charge in [-0.2, -0.15) is 0 Å². The molecule has 3 N–H and O–H groups in total. The number of ether oxygens (including phenoxy) is 6. The van der Waals surface area contributed by atoms with Gasteiger partial charge in [-0.25, -0.2) is 4.79 Å². The van der Waals surface area contributed by atoms with E-state index in [0.717, 1.165) is 0 Å². The van der Waals surface area contributed by atoms with Crippen LogP contribution in [0.25, 0.3) is 27.6 Å². The van der Waals surface area contributed by atoms with E-state index in [9.17, 15) is 14.7 Å². The number of aliphatic hydroxyl groups is 1. The second-order valence-corrected chi connectivity index (χ2v) is 8.48. The predicted molar refractivity (Wildman–Crippen MR) is 157 cm³/mol. The molecule has 218 valence electrons. The van der Waals surface area contributed by atoms with Gasteiger partial charge in [-0.1, -0.05) is 0 Å². The quantitative estimate of drug-likeness (QED) is 0.208. The summed E-state index contributed by atoms with van der Waals surface area (Å²) in [6.45, 7) is -0.261. The van der Waals surface area contributed by atoms with Crippen LogP contribution in [0.3, 0.4) is 0 Å². The summed E-state index contributed by atoms with van der Waals surface area (Å²) in [5, 5.41) is 9.89. The lowest BCUT2D eigenvalue weighted by atomic mass is 9.95. The number of nitrogens with zero attached hydrogens (tertiary/aromatic N) is 1. The summed E-state index contributed by atoms with van der Waals surface area (Å²) in [6.07, 6.45) is 0. The first-order valence-corrected chi connectivity index (χ1v) is 12.1. The largest absolute Gasteiger partial charge is 0.493 e. The second kappa shape index (κ2) is 13.2. The summed E-state index contributed by atoms with van der Waals surface area (Å²) >= 11 is 0. The van der Waals surface area contributed by atoms with Crippen LogP contribution in [-0.4, -0.2) is 64.4 Å². The van der Waals surface area contributed by atoms with E-state index in [2.05, 4.69) is 0 Å². The molecule has 11 nitrogen and oxygen atoms in total. The number of carbonyl (C=O) groups is 1. The second-order valence-electron chi connectivity index (χ2n) is 8.48. The maximum atomic E-state index is 14.1. The van der Waals surface area contributed by atoms with Crippen molar-refractivity contribution in [3.63, 3.8) is 0 Å². The van der Waals surface area contributed by atoms with E-state index >= 15 is 0 Å². The van der Waals surface area contributed by atoms with E-state index in [-0.39, 0.29) is 48.2 Å². The smallest absolute Gasteiger partial charge is 0.355 e. The number of pyridine rings is 1. The molecule has 12 heteroatoms. The highest BCUT2D eigenvalue weighted by Crippen LogP contribution is 2.45. The highest BCUT2D eigenvalue weighted by molar-refractivity contribution is 6.08. The number of aromatic nitrogens is 1. The van der Waals surface area contributed by atoms with Crippen LogP contribution in [-0.2, 0) is 4.74 Å². The van der Waals surface area contributed by atoms with E-state index in [0.29, 0.717) is 45.1 Å². The standard InChI is InChI=1S/C29H30N2O9.ClH/c1-35-21-14-19-20(15-22(21)40-11-10-32)28(33)31(18-8-6-17(30)7-9-18)26(29(34)39-5)25(19)16-12-23(36-2)27(38-4)24(13-16)37-3;/h6-9,12-15,32H,10-11,30H2,1-5H3;1H. The Morgan fingerprint density at radius 1 is 0.829 bits per heavy atom. The number of fused-ring (bicyclic) bond motifs is 1. The Hall–Kier alpha value is -4.61. The zero-order chi connectivity index (χ0) is 29.0. The Labute approximate surface area is 242 Å². The van der Waals surface area contributed by atoms with Crippen LogP contribution < -0.4 is 35.0 Å². The molecule has 0 fully saturated rings. The van der Waals surface area contributed by atoms with Crippen LogP contribution in [0.5, 0.6) is 28.7 Å². The SMILES string of the molecule is COC(=O)c1c(-c2cc(OC)c(OC)c(OC)c2)c2cc(OC)c(OCCO)cc2c(=O)n1-c1ccc(N)cc1.Cl. The Bertz CT molecular complexity index is 1590. The zero-order valence-electron chi connectivity index (χ0n) is 23.2. The van der Waals surface area contributed by atoms with Crippen molar-refractivity contribution in [2.45, 2.75) is 0 Å². The minimum atomic E-state index is -0.765. The van der Waals surface area contributed by atoms with Gasteiger partial charge in [-0.3, -0.25) is 9.36 Å². The number of esters is 1. The van der Waals surface area contributed by atoms with Crippen molar-refractivity contribution < 1.29 is 38.3 Å². The Kier molecular flexibility index (Phi) is 9.93. The van der Waals surface area contributed by atoms with Gasteiger partial charge in [0.15, 0.2) is 23.0 Å². The maximum Gasteiger partial charge on any atom is 0.355 e. The van der Waals surface area contributed by atoms with Gasteiger partial charge in [-0.15, -0.1) is 12.4 Å². The molecule has 4 rings (SSSR count). The number of anilines is 1. The highest BCUT2D eigenvalue weighted by Gasteiger charge is 2.28. The number of hydrogen-bond donors (Lipinski definition) is 2. The topological polar surface area (TPSA) is 141 Å². The van der Waals surface area contributed by atoms with Crippen molar-refractivity contribution in [2.24, 2.45) is 0 Å². The van der Waals surface area contributed by atoms with Gasteiger partial charge in [0.05, 0.1) is 47.5 Å². The van der Waals surface area contributed by atoms with Crippen LogP contribution in [0.4, 0.5) is 5.69 Å². The van der Waals surface area contributed by atoms with Crippen molar-refractivity contribution >= 4 is 34.8 Å². The minimum Gasteiger partial charge on any atom is -0.493 e. The number of halogens is 1. The molecule has 0 amide bonds. The van der Waals surface area contributed by atoms with Crippen LogP contribution in [0.2, 0.25) is 0 Å². The van der Waals surface area contributed by atoms with Crippen LogP contribution in [0.15, 0.2) is 53.3 Å². The fraction of sp³-hybridized carbons (Fsp3) is 0.241. The molecule has 0 radical (unpaired) electrons. The monoisotopic (exact) mass is 586 g/mol. The van der Waals surface area contributed by atoms with Crippen molar-refractivity contribution in [1.82, 2.24) is 4.57 Å². The van der Waals surface area contributed by atoms with Gasteiger partial charge < -0.3 is 39.3 Å². The summed E-state index contributed by atoms with van der Waals surface area (Å²) in [7, 11) is 7.11. The third-order valence-electron chi connectivity index (χ3n) is 6.30. The molecule has 0 saturated carbocycles. The van der Waals surface area contributed by atoms with E-state index in [1.54, 1.807) is 42.5 Å². The van der Waals surface area contributed by atoms with Crippen molar-refractivity contribution in [2.75, 3.05) is 54.5 Å². The molecule has 1 aromatic heterocycles. The normalized spacial score (nSPS) is 10.5. The van der Waals surface area contributed by atoms with E-state index in [1.165, 1.54) is 46.2 Å². The molecule has 0 saturated heterocycles. The van der Waals surface area contributed by atoms with Crippen molar-refractivity contribution in [3.8, 4) is 45.6 Å². The number of benzene rings is 3. The first kappa shape index (κ1) is 30.9. The average molecular weight is 587 g/mol. The summed E-state index contributed by atoms with van der Waals surface area (Å²) < 4.78 is 34.3. The first-order chi connectivity index (χ1) is 19.3. The maximum absolute atomic E-state index is 14.1. The number of aliphatic hydroxyl groups excluding tert-OH is 1. The van der Waals surface area contributed by atoms with Gasteiger partial charge in [0, 0.05) is 22.3 Å². The molecule has 0 aliphatic heterocycles. The van der Waals surface area contributed by atoms with Crippen LogP contribution in [0.1, 0.15) is 10.5 Å². The number of rotatable bonds is 10. The lowest BCUT2D eigenvalue weighted by molar-refractivity contribution is 0.0591. The fourth-order valence-corrected chi connectivity index (χ4v) is 4.51. The number of carbonyl (C=O) groups excluding carboxylic acids is 1. The fourth-order valence-electron chi connectivity index (χ4n) is 4.51. The third kappa shape index (κ3) is 5.67. The minimum absolute atomic E-state index is 0. The molecule has 41 heavy (non-hydrogen) atoms. The van der Waals surface area contributed by atoms with Gasteiger partial charge in [0.25, 0.3) is 5.56 Å². The molecule has 3 aromatic carbocycles. The Morgan fingerprint density at radius 2 is 1.41 bits per heavy atom. The third-order valence-corrected chi connectivity index (χ3v) is 6.30. The number of hydrogen-bond acceptors (Lipinski definition) is 10.